The van der Waals surface area contributed by atoms with Crippen molar-refractivity contribution in [2.24, 2.45) is 0 Å². The number of methoxy groups -OCH3 is 4. The van der Waals surface area contributed by atoms with Crippen molar-refractivity contribution in [3.05, 3.63) is 77.4 Å². The topological polar surface area (TPSA) is 120 Å². The van der Waals surface area contributed by atoms with Gasteiger partial charge in [-0.3, -0.25) is 4.79 Å². The number of carbonyl (C=O) groups is 1. The van der Waals surface area contributed by atoms with Crippen molar-refractivity contribution in [3.63, 3.8) is 0 Å². The summed E-state index contributed by atoms with van der Waals surface area (Å²) in [4.78, 5) is 12.4. The number of fused-ring (bicyclic) bond motifs is 1. The molecule has 0 bridgehead atoms. The second-order valence-electron chi connectivity index (χ2n) is 12.1. The summed E-state index contributed by atoms with van der Waals surface area (Å²) in [7, 11) is 4.59. The molecule has 11 heteroatoms. The Labute approximate surface area is 267 Å². The summed E-state index contributed by atoms with van der Waals surface area (Å²) < 4.78 is 59.3. The van der Waals surface area contributed by atoms with Crippen molar-refractivity contribution in [3.8, 4) is 23.0 Å². The van der Waals surface area contributed by atoms with Gasteiger partial charge in [-0.25, -0.2) is 8.42 Å². The predicted octanol–water partition coefficient (Wildman–Crippen LogP) is 5.33. The first-order valence-corrected chi connectivity index (χ1v) is 16.1. The smallest absolute Gasteiger partial charge is 0.312 e. The third-order valence-electron chi connectivity index (χ3n) is 7.80. The summed E-state index contributed by atoms with van der Waals surface area (Å²) in [5, 5.41) is 0. The monoisotopic (exact) mass is 643 g/mol. The third kappa shape index (κ3) is 9.59. The summed E-state index contributed by atoms with van der Waals surface area (Å²) >= 11 is 0. The van der Waals surface area contributed by atoms with Crippen LogP contribution in [0, 0.1) is 0 Å². The van der Waals surface area contributed by atoms with Gasteiger partial charge in [-0.15, -0.1) is 0 Å². The van der Waals surface area contributed by atoms with E-state index in [1.54, 1.807) is 34.5 Å². The molecule has 10 nitrogen and oxygen atoms in total. The molecule has 0 radical (unpaired) electrons. The molecule has 0 aliphatic carbocycles. The average molecular weight is 644 g/mol. The molecule has 0 unspecified atom stereocenters. The summed E-state index contributed by atoms with van der Waals surface area (Å²) in [6, 6.07) is 17.5. The zero-order chi connectivity index (χ0) is 33.4. The highest BCUT2D eigenvalue weighted by Crippen LogP contribution is 2.43. The molecule has 1 aliphatic heterocycles. The molecule has 4 rings (SSSR count). The molecule has 0 spiro atoms. The SMILES string of the molecule is COc1ccc(C[C@H]2c3cc(OC)c(OC)cc3CC[N@@+]2(C)CCC(=O)OC(C)(C)C)cc1OC.O=S(=O)([O-])c1ccccc1. The van der Waals surface area contributed by atoms with Crippen LogP contribution in [0.4, 0.5) is 0 Å². The first kappa shape index (κ1) is 35.7. The maximum Gasteiger partial charge on any atom is 0.312 e. The molecule has 0 aromatic heterocycles. The molecule has 0 amide bonds. The van der Waals surface area contributed by atoms with Crippen LogP contribution >= 0.6 is 0 Å². The Bertz CT molecular complexity index is 1550. The van der Waals surface area contributed by atoms with Crippen molar-refractivity contribution in [1.29, 1.82) is 0 Å². The van der Waals surface area contributed by atoms with Crippen molar-refractivity contribution < 1.29 is 45.9 Å². The Morgan fingerprint density at radius 3 is 1.98 bits per heavy atom. The van der Waals surface area contributed by atoms with Gasteiger partial charge in [0.15, 0.2) is 23.0 Å². The van der Waals surface area contributed by atoms with Crippen LogP contribution in [0.5, 0.6) is 23.0 Å². The number of carbonyl (C=O) groups excluding carboxylic acids is 1. The Balaban J connectivity index is 0.000000468. The highest BCUT2D eigenvalue weighted by molar-refractivity contribution is 7.85. The van der Waals surface area contributed by atoms with Gasteiger partial charge >= 0.3 is 5.97 Å². The number of nitrogens with zero attached hydrogens (tertiary/aromatic N) is 1. The number of hydrogen-bond acceptors (Lipinski definition) is 9. The van der Waals surface area contributed by atoms with E-state index >= 15 is 0 Å². The van der Waals surface area contributed by atoms with E-state index in [0.29, 0.717) is 30.2 Å². The van der Waals surface area contributed by atoms with Crippen LogP contribution in [0.15, 0.2) is 65.6 Å². The number of ether oxygens (including phenoxy) is 5. The number of benzene rings is 3. The lowest BCUT2D eigenvalue weighted by Gasteiger charge is -2.46. The Morgan fingerprint density at radius 2 is 1.44 bits per heavy atom. The van der Waals surface area contributed by atoms with Crippen LogP contribution in [0.1, 0.15) is 49.9 Å². The van der Waals surface area contributed by atoms with Gasteiger partial charge in [0.25, 0.3) is 0 Å². The number of likely N-dealkylation sites (N-methyl/N-ethyl adjacent to an activating group) is 1. The molecule has 246 valence electrons. The van der Waals surface area contributed by atoms with Crippen molar-refractivity contribution in [2.75, 3.05) is 48.6 Å². The minimum Gasteiger partial charge on any atom is -0.744 e. The lowest BCUT2D eigenvalue weighted by atomic mass is 9.86. The molecule has 0 N–H and O–H groups in total. The van der Waals surface area contributed by atoms with Crippen molar-refractivity contribution >= 4 is 16.1 Å². The highest BCUT2D eigenvalue weighted by atomic mass is 32.2. The first-order chi connectivity index (χ1) is 21.1. The fraction of sp³-hybridized carbons (Fsp3) is 0.441. The van der Waals surface area contributed by atoms with E-state index < -0.39 is 15.7 Å². The highest BCUT2D eigenvalue weighted by Gasteiger charge is 2.40. The molecule has 0 saturated heterocycles. The maximum atomic E-state index is 12.6. The molecule has 3 aromatic rings. The Morgan fingerprint density at radius 1 is 0.867 bits per heavy atom. The Kier molecular flexibility index (Phi) is 11.9. The van der Waals surface area contributed by atoms with Gasteiger partial charge in [0, 0.05) is 18.4 Å². The molecular formula is C34H45NO9S. The van der Waals surface area contributed by atoms with Gasteiger partial charge < -0.3 is 32.7 Å². The average Bonchev–Trinajstić information content (AvgIpc) is 3.00. The van der Waals surface area contributed by atoms with E-state index in [4.69, 9.17) is 23.7 Å². The summed E-state index contributed by atoms with van der Waals surface area (Å²) in [6.07, 6.45) is 2.02. The second-order valence-corrected chi connectivity index (χ2v) is 13.5. The summed E-state index contributed by atoms with van der Waals surface area (Å²) in [6.45, 7) is 7.29. The van der Waals surface area contributed by atoms with Crippen molar-refractivity contribution in [2.45, 2.75) is 56.6 Å². The number of esters is 1. The quantitative estimate of drug-likeness (QED) is 0.164. The minimum absolute atomic E-state index is 0.110. The van der Waals surface area contributed by atoms with Gasteiger partial charge in [0.2, 0.25) is 0 Å². The van der Waals surface area contributed by atoms with E-state index in [0.717, 1.165) is 35.2 Å². The number of hydrogen-bond donors (Lipinski definition) is 0. The largest absolute Gasteiger partial charge is 0.744 e. The van der Waals surface area contributed by atoms with Crippen LogP contribution in [0.2, 0.25) is 0 Å². The maximum absolute atomic E-state index is 12.6. The predicted molar refractivity (Wildman–Crippen MR) is 170 cm³/mol. The summed E-state index contributed by atoms with van der Waals surface area (Å²) in [5.74, 6) is 2.69. The van der Waals surface area contributed by atoms with E-state index in [9.17, 15) is 17.8 Å². The molecule has 3 aromatic carbocycles. The molecule has 0 saturated carbocycles. The zero-order valence-electron chi connectivity index (χ0n) is 27.4. The lowest BCUT2D eigenvalue weighted by molar-refractivity contribution is -0.940. The summed E-state index contributed by atoms with van der Waals surface area (Å²) in [5.41, 5.74) is 3.11. The van der Waals surface area contributed by atoms with E-state index in [-0.39, 0.29) is 16.9 Å². The van der Waals surface area contributed by atoms with Crippen LogP contribution in [-0.4, -0.2) is 77.6 Å². The second kappa shape index (κ2) is 15.0. The van der Waals surface area contributed by atoms with Gasteiger partial charge in [0.1, 0.15) is 21.8 Å². The van der Waals surface area contributed by atoms with Gasteiger partial charge in [-0.05, 0) is 68.3 Å². The lowest BCUT2D eigenvalue weighted by Crippen LogP contribution is -2.53. The fourth-order valence-corrected chi connectivity index (χ4v) is 5.98. The Hall–Kier alpha value is -3.80. The van der Waals surface area contributed by atoms with Crippen LogP contribution < -0.4 is 18.9 Å². The van der Waals surface area contributed by atoms with Crippen molar-refractivity contribution in [1.82, 2.24) is 0 Å². The first-order valence-electron chi connectivity index (χ1n) is 14.7. The van der Waals surface area contributed by atoms with Gasteiger partial charge in [-0.1, -0.05) is 24.3 Å². The zero-order valence-corrected chi connectivity index (χ0v) is 28.2. The molecular weight excluding hydrogens is 598 g/mol. The minimum atomic E-state index is -4.25. The van der Waals surface area contributed by atoms with E-state index in [1.165, 1.54) is 35.4 Å². The standard InChI is InChI=1S/C28H40NO6.C6H6O3S/c1-28(2,3)35-27(30)12-14-29(4)13-11-20-17-25(33-7)26(34-8)18-21(20)22(29)15-19-9-10-23(31-5)24(16-19)32-6;7-10(8,9)6-4-2-1-3-5-6/h9-10,16-18,22H,11-15H2,1-8H3;1-5H,(H,7,8,9)/q+1;/p-1/t22-,29-;/m0./s1. The number of rotatable bonds is 10. The van der Waals surface area contributed by atoms with Crippen LogP contribution in [-0.2, 0) is 32.5 Å². The van der Waals surface area contributed by atoms with Crippen LogP contribution in [0.25, 0.3) is 0 Å². The fourth-order valence-electron chi connectivity index (χ4n) is 5.49. The van der Waals surface area contributed by atoms with Gasteiger partial charge in [-0.2, -0.15) is 0 Å². The molecule has 2 atom stereocenters. The molecule has 1 heterocycles. The molecule has 0 fully saturated rings. The van der Waals surface area contributed by atoms with E-state index in [2.05, 4.69) is 25.2 Å². The van der Waals surface area contributed by atoms with Crippen LogP contribution in [0.3, 0.4) is 0 Å². The third-order valence-corrected chi connectivity index (χ3v) is 8.65. The number of quaternary nitrogens is 1. The molecule has 1 aliphatic rings. The van der Waals surface area contributed by atoms with Gasteiger partial charge in [0.05, 0.1) is 59.9 Å². The normalized spacial score (nSPS) is 17.7. The van der Waals surface area contributed by atoms with E-state index in [1.807, 2.05) is 32.9 Å². The molecule has 45 heavy (non-hydrogen) atoms.